The van der Waals surface area contributed by atoms with Gasteiger partial charge in [0.25, 0.3) is 0 Å². The van der Waals surface area contributed by atoms with Crippen molar-refractivity contribution in [2.24, 2.45) is 5.92 Å². The summed E-state index contributed by atoms with van der Waals surface area (Å²) in [5, 5.41) is 4.28. The van der Waals surface area contributed by atoms with Crippen LogP contribution >= 0.6 is 15.9 Å². The van der Waals surface area contributed by atoms with Crippen molar-refractivity contribution in [3.63, 3.8) is 0 Å². The summed E-state index contributed by atoms with van der Waals surface area (Å²) in [7, 11) is 2.10. The van der Waals surface area contributed by atoms with Crippen molar-refractivity contribution in [2.75, 3.05) is 33.2 Å². The van der Waals surface area contributed by atoms with Crippen LogP contribution in [0.1, 0.15) is 18.9 Å². The van der Waals surface area contributed by atoms with Crippen molar-refractivity contribution in [1.82, 2.24) is 19.6 Å². The molecule has 0 N–H and O–H groups in total. The van der Waals surface area contributed by atoms with Crippen molar-refractivity contribution in [2.45, 2.75) is 18.9 Å². The fourth-order valence-electron chi connectivity index (χ4n) is 2.94. The molecule has 1 aromatic rings. The van der Waals surface area contributed by atoms with E-state index < -0.39 is 0 Å². The number of halogens is 1. The van der Waals surface area contributed by atoms with Crippen molar-refractivity contribution in [1.29, 1.82) is 0 Å². The molecule has 0 radical (unpaired) electrons. The molecule has 2 aliphatic heterocycles. The fourth-order valence-corrected chi connectivity index (χ4v) is 3.24. The first kappa shape index (κ1) is 13.1. The zero-order valence-corrected chi connectivity index (χ0v) is 12.7. The van der Waals surface area contributed by atoms with Crippen LogP contribution in [-0.4, -0.2) is 58.7 Å². The van der Waals surface area contributed by atoms with E-state index in [0.717, 1.165) is 43.5 Å². The summed E-state index contributed by atoms with van der Waals surface area (Å²) in [6.07, 6.45) is 5.94. The SMILES string of the molecule is CN1CCCC(C(=O)N2CC(n3cc(Br)cn3)C2)C1. The van der Waals surface area contributed by atoms with E-state index in [4.69, 9.17) is 0 Å². The largest absolute Gasteiger partial charge is 0.338 e. The average Bonchev–Trinajstić information content (AvgIpc) is 2.73. The number of aromatic nitrogens is 2. The van der Waals surface area contributed by atoms with Crippen LogP contribution in [-0.2, 0) is 4.79 Å². The average molecular weight is 327 g/mol. The van der Waals surface area contributed by atoms with Gasteiger partial charge in [-0.1, -0.05) is 0 Å². The summed E-state index contributed by atoms with van der Waals surface area (Å²) in [4.78, 5) is 16.6. The number of nitrogens with zero attached hydrogens (tertiary/aromatic N) is 4. The second-order valence-electron chi connectivity index (χ2n) is 5.64. The zero-order valence-electron chi connectivity index (χ0n) is 11.1. The summed E-state index contributed by atoms with van der Waals surface area (Å²) in [6.45, 7) is 3.63. The first-order valence-corrected chi connectivity index (χ1v) is 7.60. The van der Waals surface area contributed by atoms with E-state index in [1.807, 2.05) is 15.8 Å². The van der Waals surface area contributed by atoms with Gasteiger partial charge in [0, 0.05) is 25.8 Å². The standard InChI is InChI=1S/C13H19BrN4O/c1-16-4-2-3-10(6-16)13(19)17-8-12(9-17)18-7-11(14)5-15-18/h5,7,10,12H,2-4,6,8-9H2,1H3. The Balaban J connectivity index is 1.54. The van der Waals surface area contributed by atoms with Gasteiger partial charge in [-0.2, -0.15) is 5.10 Å². The number of rotatable bonds is 2. The maximum Gasteiger partial charge on any atom is 0.227 e. The van der Waals surface area contributed by atoms with E-state index in [1.54, 1.807) is 6.20 Å². The molecule has 1 aromatic heterocycles. The molecule has 0 aliphatic carbocycles. The lowest BCUT2D eigenvalue weighted by Crippen LogP contribution is -2.54. The molecule has 3 rings (SSSR count). The van der Waals surface area contributed by atoms with Gasteiger partial charge in [0.05, 0.1) is 22.6 Å². The van der Waals surface area contributed by atoms with Gasteiger partial charge in [-0.05, 0) is 42.4 Å². The van der Waals surface area contributed by atoms with Crippen molar-refractivity contribution in [3.05, 3.63) is 16.9 Å². The Morgan fingerprint density at radius 1 is 1.42 bits per heavy atom. The Bertz CT molecular complexity index is 469. The summed E-state index contributed by atoms with van der Waals surface area (Å²) in [5.74, 6) is 0.526. The Labute approximate surface area is 121 Å². The van der Waals surface area contributed by atoms with Crippen molar-refractivity contribution < 1.29 is 4.79 Å². The van der Waals surface area contributed by atoms with E-state index in [2.05, 4.69) is 33.0 Å². The van der Waals surface area contributed by atoms with Crippen LogP contribution in [0.4, 0.5) is 0 Å². The summed E-state index contributed by atoms with van der Waals surface area (Å²) in [5.41, 5.74) is 0. The van der Waals surface area contributed by atoms with Crippen LogP contribution < -0.4 is 0 Å². The molecule has 1 amide bonds. The minimum atomic E-state index is 0.198. The third-order valence-electron chi connectivity index (χ3n) is 4.09. The van der Waals surface area contributed by atoms with Crippen LogP contribution in [0, 0.1) is 5.92 Å². The van der Waals surface area contributed by atoms with Crippen LogP contribution in [0.25, 0.3) is 0 Å². The van der Waals surface area contributed by atoms with Gasteiger partial charge >= 0.3 is 0 Å². The maximum absolute atomic E-state index is 12.4. The normalized spacial score (nSPS) is 25.4. The Kier molecular flexibility index (Phi) is 3.62. The van der Waals surface area contributed by atoms with Crippen LogP contribution in [0.3, 0.4) is 0 Å². The molecule has 5 nitrogen and oxygen atoms in total. The highest BCUT2D eigenvalue weighted by Gasteiger charge is 2.36. The summed E-state index contributed by atoms with van der Waals surface area (Å²) < 4.78 is 2.94. The summed E-state index contributed by atoms with van der Waals surface area (Å²) in [6, 6.07) is 0.344. The lowest BCUT2D eigenvalue weighted by molar-refractivity contribution is -0.143. The quantitative estimate of drug-likeness (QED) is 0.824. The van der Waals surface area contributed by atoms with Gasteiger partial charge in [0.1, 0.15) is 0 Å². The van der Waals surface area contributed by atoms with Gasteiger partial charge in [0.15, 0.2) is 0 Å². The lowest BCUT2D eigenvalue weighted by atomic mass is 9.95. The van der Waals surface area contributed by atoms with E-state index in [-0.39, 0.29) is 5.92 Å². The van der Waals surface area contributed by atoms with Crippen LogP contribution in [0.5, 0.6) is 0 Å². The molecule has 1 atom stereocenters. The van der Waals surface area contributed by atoms with Gasteiger partial charge < -0.3 is 9.80 Å². The predicted molar refractivity (Wildman–Crippen MR) is 75.8 cm³/mol. The number of amides is 1. The second kappa shape index (κ2) is 5.25. The molecular formula is C13H19BrN4O. The van der Waals surface area contributed by atoms with Gasteiger partial charge in [-0.3, -0.25) is 9.48 Å². The van der Waals surface area contributed by atoms with E-state index >= 15 is 0 Å². The van der Waals surface area contributed by atoms with E-state index in [9.17, 15) is 4.79 Å². The molecule has 0 aromatic carbocycles. The molecule has 2 aliphatic rings. The molecule has 3 heterocycles. The molecule has 6 heteroatoms. The Hall–Kier alpha value is -0.880. The molecular weight excluding hydrogens is 308 g/mol. The maximum atomic E-state index is 12.4. The second-order valence-corrected chi connectivity index (χ2v) is 6.55. The molecule has 2 fully saturated rings. The Morgan fingerprint density at radius 3 is 2.84 bits per heavy atom. The number of hydrogen-bond acceptors (Lipinski definition) is 3. The number of likely N-dealkylation sites (tertiary alicyclic amines) is 2. The van der Waals surface area contributed by atoms with E-state index in [0.29, 0.717) is 11.9 Å². The number of piperidine rings is 1. The van der Waals surface area contributed by atoms with Crippen LogP contribution in [0.15, 0.2) is 16.9 Å². The number of hydrogen-bond donors (Lipinski definition) is 0. The first-order chi connectivity index (χ1) is 9.13. The molecule has 0 spiro atoms. The molecule has 0 saturated carbocycles. The minimum absolute atomic E-state index is 0.198. The third-order valence-corrected chi connectivity index (χ3v) is 4.50. The van der Waals surface area contributed by atoms with Crippen LogP contribution in [0.2, 0.25) is 0 Å². The number of carbonyl (C=O) groups is 1. The molecule has 19 heavy (non-hydrogen) atoms. The smallest absolute Gasteiger partial charge is 0.227 e. The molecule has 104 valence electrons. The lowest BCUT2D eigenvalue weighted by Gasteiger charge is -2.42. The van der Waals surface area contributed by atoms with Gasteiger partial charge in [-0.25, -0.2) is 0 Å². The van der Waals surface area contributed by atoms with Crippen molar-refractivity contribution >= 4 is 21.8 Å². The van der Waals surface area contributed by atoms with Crippen molar-refractivity contribution in [3.8, 4) is 0 Å². The topological polar surface area (TPSA) is 41.4 Å². The molecule has 0 bridgehead atoms. The molecule has 1 unspecified atom stereocenters. The predicted octanol–water partition coefficient (Wildman–Crippen LogP) is 1.37. The highest BCUT2D eigenvalue weighted by atomic mass is 79.9. The van der Waals surface area contributed by atoms with E-state index in [1.165, 1.54) is 0 Å². The minimum Gasteiger partial charge on any atom is -0.338 e. The monoisotopic (exact) mass is 326 g/mol. The number of carbonyl (C=O) groups excluding carboxylic acids is 1. The highest BCUT2D eigenvalue weighted by molar-refractivity contribution is 9.10. The fraction of sp³-hybridized carbons (Fsp3) is 0.692. The highest BCUT2D eigenvalue weighted by Crippen LogP contribution is 2.26. The molecule has 2 saturated heterocycles. The third kappa shape index (κ3) is 2.69. The van der Waals surface area contributed by atoms with Gasteiger partial charge in [0.2, 0.25) is 5.91 Å². The Morgan fingerprint density at radius 2 is 2.21 bits per heavy atom. The first-order valence-electron chi connectivity index (χ1n) is 6.80. The van der Waals surface area contributed by atoms with Gasteiger partial charge in [-0.15, -0.1) is 0 Å². The summed E-state index contributed by atoms with van der Waals surface area (Å²) >= 11 is 3.40. The zero-order chi connectivity index (χ0) is 13.4.